The van der Waals surface area contributed by atoms with E-state index in [4.69, 9.17) is 14.5 Å². The van der Waals surface area contributed by atoms with E-state index in [2.05, 4.69) is 24.0 Å². The van der Waals surface area contributed by atoms with Crippen LogP contribution in [-0.2, 0) is 14.9 Å². The van der Waals surface area contributed by atoms with Crippen LogP contribution in [0.3, 0.4) is 0 Å². The first-order valence-corrected chi connectivity index (χ1v) is 9.38. The zero-order chi connectivity index (χ0) is 18.1. The third-order valence-electron chi connectivity index (χ3n) is 7.03. The maximum absolute atomic E-state index is 13.0. The normalized spacial score (nSPS) is 35.7. The highest BCUT2D eigenvalue weighted by Crippen LogP contribution is 2.60. The minimum absolute atomic E-state index is 0.0977. The van der Waals surface area contributed by atoms with Crippen LogP contribution in [-0.4, -0.2) is 49.9 Å². The summed E-state index contributed by atoms with van der Waals surface area (Å²) in [5, 5.41) is 0. The summed E-state index contributed by atoms with van der Waals surface area (Å²) >= 11 is 0. The second kappa shape index (κ2) is 5.43. The zero-order valence-corrected chi connectivity index (χ0v) is 15.5. The number of carbonyl (C=O) groups excluding carboxylic acids is 1. The minimum atomic E-state index is -0.326. The van der Waals surface area contributed by atoms with Gasteiger partial charge in [-0.15, -0.1) is 0 Å². The van der Waals surface area contributed by atoms with Gasteiger partial charge in [-0.05, 0) is 37.3 Å². The fraction of sp³-hybridized carbons (Fsp3) is 0.524. The lowest BCUT2D eigenvalue weighted by Gasteiger charge is -2.59. The summed E-state index contributed by atoms with van der Waals surface area (Å²) in [6.45, 7) is 4.02. The average molecular weight is 352 g/mol. The van der Waals surface area contributed by atoms with E-state index in [0.29, 0.717) is 6.04 Å². The Hall–Kier alpha value is -2.14. The van der Waals surface area contributed by atoms with Gasteiger partial charge in [-0.1, -0.05) is 17.7 Å². The van der Waals surface area contributed by atoms with Crippen LogP contribution in [0, 0.1) is 11.8 Å². The molecule has 26 heavy (non-hydrogen) atoms. The van der Waals surface area contributed by atoms with Crippen molar-refractivity contribution in [2.24, 2.45) is 16.8 Å². The number of ether oxygens (including phenoxy) is 2. The molecule has 1 aliphatic carbocycles. The Labute approximate surface area is 153 Å². The summed E-state index contributed by atoms with van der Waals surface area (Å²) in [6.07, 6.45) is 4.09. The largest absolute Gasteiger partial charge is 0.497 e. The Bertz CT molecular complexity index is 859. The molecular weight excluding hydrogens is 328 g/mol. The average Bonchev–Trinajstić information content (AvgIpc) is 3.01. The van der Waals surface area contributed by atoms with Crippen LogP contribution in [0.1, 0.15) is 25.3 Å². The molecule has 3 bridgehead atoms. The number of benzene rings is 1. The molecule has 2 saturated heterocycles. The Morgan fingerprint density at radius 2 is 2.23 bits per heavy atom. The van der Waals surface area contributed by atoms with Crippen LogP contribution in [0.5, 0.6) is 5.75 Å². The molecule has 5 heteroatoms. The molecule has 1 aromatic rings. The van der Waals surface area contributed by atoms with E-state index < -0.39 is 0 Å². The topological polar surface area (TPSA) is 51.1 Å². The van der Waals surface area contributed by atoms with Crippen molar-refractivity contribution < 1.29 is 14.3 Å². The molecule has 136 valence electrons. The fourth-order valence-electron chi connectivity index (χ4n) is 5.93. The third kappa shape index (κ3) is 1.79. The number of nitrogens with zero attached hydrogens (tertiary/aromatic N) is 2. The Kier molecular flexibility index (Phi) is 3.35. The highest BCUT2D eigenvalue weighted by molar-refractivity contribution is 6.09. The van der Waals surface area contributed by atoms with Gasteiger partial charge in [0.15, 0.2) is 0 Å². The van der Waals surface area contributed by atoms with Crippen molar-refractivity contribution >= 4 is 17.4 Å². The smallest absolute Gasteiger partial charge is 0.310 e. The van der Waals surface area contributed by atoms with E-state index >= 15 is 0 Å². The number of carbonyl (C=O) groups is 1. The second-order valence-electron chi connectivity index (χ2n) is 7.79. The van der Waals surface area contributed by atoms with Crippen molar-refractivity contribution in [1.82, 2.24) is 4.90 Å². The first-order valence-electron chi connectivity index (χ1n) is 9.38. The molecule has 4 atom stereocenters. The van der Waals surface area contributed by atoms with Crippen molar-refractivity contribution in [1.29, 1.82) is 0 Å². The zero-order valence-electron chi connectivity index (χ0n) is 15.5. The molecule has 0 radical (unpaired) electrons. The van der Waals surface area contributed by atoms with Crippen molar-refractivity contribution in [3.05, 3.63) is 35.4 Å². The maximum atomic E-state index is 13.0. The Balaban J connectivity index is 1.76. The summed E-state index contributed by atoms with van der Waals surface area (Å²) in [4.78, 5) is 20.6. The molecule has 4 unspecified atom stereocenters. The summed E-state index contributed by atoms with van der Waals surface area (Å²) in [5.41, 5.74) is 4.36. The second-order valence-corrected chi connectivity index (χ2v) is 7.79. The highest BCUT2D eigenvalue weighted by atomic mass is 16.5. The van der Waals surface area contributed by atoms with Gasteiger partial charge in [0, 0.05) is 30.9 Å². The van der Waals surface area contributed by atoms with E-state index in [-0.39, 0.29) is 23.2 Å². The van der Waals surface area contributed by atoms with Crippen molar-refractivity contribution in [3.8, 4) is 5.75 Å². The number of fused-ring (bicyclic) bond motifs is 2. The lowest BCUT2D eigenvalue weighted by molar-refractivity contribution is -0.151. The van der Waals surface area contributed by atoms with E-state index in [1.54, 1.807) is 7.11 Å². The van der Waals surface area contributed by atoms with Crippen molar-refractivity contribution in [3.63, 3.8) is 0 Å². The van der Waals surface area contributed by atoms with Crippen molar-refractivity contribution in [2.45, 2.75) is 31.2 Å². The van der Waals surface area contributed by atoms with Crippen LogP contribution < -0.4 is 4.74 Å². The predicted octanol–water partition coefficient (Wildman–Crippen LogP) is 2.86. The maximum Gasteiger partial charge on any atom is 0.310 e. The van der Waals surface area contributed by atoms with E-state index in [1.807, 2.05) is 12.1 Å². The van der Waals surface area contributed by atoms with Crippen LogP contribution in [0.2, 0.25) is 0 Å². The van der Waals surface area contributed by atoms with Gasteiger partial charge < -0.3 is 9.47 Å². The molecule has 3 fully saturated rings. The number of aliphatic imine (C=N–C) groups is 1. The number of piperidine rings is 2. The summed E-state index contributed by atoms with van der Waals surface area (Å²) in [5.74, 6) is 0.760. The third-order valence-corrected chi connectivity index (χ3v) is 7.03. The first-order chi connectivity index (χ1) is 12.6. The molecular formula is C21H24N2O3. The van der Waals surface area contributed by atoms with Gasteiger partial charge in [0.25, 0.3) is 0 Å². The number of allylic oxidation sites excluding steroid dienone is 1. The molecule has 1 aromatic carbocycles. The van der Waals surface area contributed by atoms with Crippen LogP contribution in [0.25, 0.3) is 0 Å². The predicted molar refractivity (Wildman–Crippen MR) is 99.1 cm³/mol. The molecule has 5 nitrogen and oxygen atoms in total. The standard InChI is InChI=1S/C21H24N2O3/c1-4-12-11-23-8-7-21-15-6-5-13(25-2)9-16(15)22-19(21)17(23)10-14(12)18(21)20(24)26-3/h4-6,9,14,17-18H,7-8,10-11H2,1-3H3. The molecule has 0 N–H and O–H groups in total. The molecule has 1 saturated carbocycles. The summed E-state index contributed by atoms with van der Waals surface area (Å²) in [7, 11) is 3.19. The molecule has 0 spiro atoms. The number of hydrogen-bond donors (Lipinski definition) is 0. The number of methoxy groups -OCH3 is 2. The molecule has 3 aliphatic heterocycles. The lowest BCUT2D eigenvalue weighted by Crippen LogP contribution is -2.68. The molecule has 4 aliphatic rings. The van der Waals surface area contributed by atoms with Crippen LogP contribution >= 0.6 is 0 Å². The quantitative estimate of drug-likeness (QED) is 0.607. The number of hydrogen-bond acceptors (Lipinski definition) is 5. The monoisotopic (exact) mass is 352 g/mol. The van der Waals surface area contributed by atoms with E-state index in [1.165, 1.54) is 24.0 Å². The summed E-state index contributed by atoms with van der Waals surface area (Å²) < 4.78 is 10.7. The van der Waals surface area contributed by atoms with Gasteiger partial charge in [-0.25, -0.2) is 0 Å². The fourth-order valence-corrected chi connectivity index (χ4v) is 5.93. The molecule has 3 heterocycles. The number of esters is 1. The van der Waals surface area contributed by atoms with Gasteiger partial charge >= 0.3 is 5.97 Å². The van der Waals surface area contributed by atoms with Gasteiger partial charge in [0.1, 0.15) is 5.75 Å². The van der Waals surface area contributed by atoms with Gasteiger partial charge in [-0.2, -0.15) is 0 Å². The molecule has 0 aromatic heterocycles. The van der Waals surface area contributed by atoms with Gasteiger partial charge in [0.05, 0.1) is 31.2 Å². The highest BCUT2D eigenvalue weighted by Gasteiger charge is 2.65. The van der Waals surface area contributed by atoms with E-state index in [9.17, 15) is 4.79 Å². The molecule has 0 amide bonds. The Morgan fingerprint density at radius 3 is 2.96 bits per heavy atom. The van der Waals surface area contributed by atoms with Gasteiger partial charge in [-0.3, -0.25) is 14.7 Å². The minimum Gasteiger partial charge on any atom is -0.497 e. The Morgan fingerprint density at radius 1 is 1.38 bits per heavy atom. The van der Waals surface area contributed by atoms with Crippen molar-refractivity contribution in [2.75, 3.05) is 27.3 Å². The number of rotatable bonds is 2. The lowest BCUT2D eigenvalue weighted by atomic mass is 9.51. The van der Waals surface area contributed by atoms with E-state index in [0.717, 1.165) is 37.4 Å². The SMILES string of the molecule is CC=C1CN2CCC34C(=Nc5cc(OC)ccc53)C2CC1C4C(=O)OC. The van der Waals surface area contributed by atoms with Crippen LogP contribution in [0.4, 0.5) is 5.69 Å². The summed E-state index contributed by atoms with van der Waals surface area (Å²) in [6, 6.07) is 6.45. The van der Waals surface area contributed by atoms with Gasteiger partial charge in [0.2, 0.25) is 0 Å². The first kappa shape index (κ1) is 16.1. The molecule has 5 rings (SSSR count). The van der Waals surface area contributed by atoms with Crippen LogP contribution in [0.15, 0.2) is 34.8 Å².